The van der Waals surface area contributed by atoms with Crippen LogP contribution in [0.1, 0.15) is 16.0 Å². The van der Waals surface area contributed by atoms with E-state index in [0.717, 1.165) is 18.2 Å². The van der Waals surface area contributed by atoms with Crippen molar-refractivity contribution in [3.63, 3.8) is 0 Å². The van der Waals surface area contributed by atoms with Crippen LogP contribution < -0.4 is 0 Å². The van der Waals surface area contributed by atoms with Gasteiger partial charge in [-0.1, -0.05) is 34.1 Å². The molecule has 0 amide bonds. The first kappa shape index (κ1) is 13.1. The zero-order valence-electron chi connectivity index (χ0n) is 8.93. The van der Waals surface area contributed by atoms with Crippen molar-refractivity contribution in [3.05, 3.63) is 70.8 Å². The zero-order valence-corrected chi connectivity index (χ0v) is 10.5. The summed E-state index contributed by atoms with van der Waals surface area (Å²) in [6, 6.07) is 6.90. The van der Waals surface area contributed by atoms with E-state index in [2.05, 4.69) is 15.9 Å². The Hall–Kier alpha value is -1.36. The molecule has 0 aliphatic heterocycles. The van der Waals surface area contributed by atoms with Gasteiger partial charge in [0.1, 0.15) is 0 Å². The molecule has 0 nitrogen and oxygen atoms in total. The predicted molar refractivity (Wildman–Crippen MR) is 63.5 cm³/mol. The fraction of sp³-hybridized carbons (Fsp3) is 0.0769. The van der Waals surface area contributed by atoms with E-state index >= 15 is 0 Å². The average Bonchev–Trinajstić information content (AvgIpc) is 2.35. The van der Waals surface area contributed by atoms with Crippen molar-refractivity contribution in [2.75, 3.05) is 0 Å². The Labute approximate surface area is 109 Å². The Morgan fingerprint density at radius 2 is 1.56 bits per heavy atom. The minimum atomic E-state index is -1.03. The van der Waals surface area contributed by atoms with E-state index in [1.54, 1.807) is 0 Å². The zero-order chi connectivity index (χ0) is 13.3. The summed E-state index contributed by atoms with van der Waals surface area (Å²) in [6.45, 7) is 0. The minimum Gasteiger partial charge on any atom is -0.204 e. The maximum absolute atomic E-state index is 13.5. The van der Waals surface area contributed by atoms with Crippen molar-refractivity contribution in [2.24, 2.45) is 0 Å². The van der Waals surface area contributed by atoms with E-state index in [1.807, 2.05) is 0 Å². The number of halogens is 5. The molecule has 0 aromatic heterocycles. The third-order valence-corrected chi connectivity index (χ3v) is 3.51. The summed E-state index contributed by atoms with van der Waals surface area (Å²) >= 11 is 3.14. The molecule has 18 heavy (non-hydrogen) atoms. The van der Waals surface area contributed by atoms with Crippen molar-refractivity contribution in [3.8, 4) is 0 Å². The molecule has 0 aliphatic carbocycles. The lowest BCUT2D eigenvalue weighted by molar-refractivity contribution is 0.499. The Morgan fingerprint density at radius 1 is 0.833 bits per heavy atom. The van der Waals surface area contributed by atoms with Crippen LogP contribution in [0.15, 0.2) is 36.4 Å². The van der Waals surface area contributed by atoms with E-state index < -0.39 is 28.1 Å². The highest BCUT2D eigenvalue weighted by Crippen LogP contribution is 2.33. The van der Waals surface area contributed by atoms with Crippen LogP contribution in [0.5, 0.6) is 0 Å². The van der Waals surface area contributed by atoms with Crippen molar-refractivity contribution >= 4 is 15.9 Å². The summed E-state index contributed by atoms with van der Waals surface area (Å²) in [6.07, 6.45) is 0. The Bertz CT molecular complexity index is 583. The number of benzene rings is 2. The van der Waals surface area contributed by atoms with E-state index in [9.17, 15) is 17.6 Å². The molecule has 0 radical (unpaired) electrons. The van der Waals surface area contributed by atoms with E-state index in [-0.39, 0.29) is 5.56 Å². The quantitative estimate of drug-likeness (QED) is 0.555. The minimum absolute atomic E-state index is 0.0287. The SMILES string of the molecule is Fc1ccc(C(Br)c2cccc(F)c2F)cc1F. The van der Waals surface area contributed by atoms with Crippen molar-refractivity contribution < 1.29 is 17.6 Å². The summed E-state index contributed by atoms with van der Waals surface area (Å²) in [5.41, 5.74) is 0.333. The molecule has 1 atom stereocenters. The Morgan fingerprint density at radius 3 is 2.22 bits per heavy atom. The topological polar surface area (TPSA) is 0 Å². The molecule has 0 aliphatic rings. The lowest BCUT2D eigenvalue weighted by Crippen LogP contribution is -2.00. The van der Waals surface area contributed by atoms with Gasteiger partial charge >= 0.3 is 0 Å². The predicted octanol–water partition coefficient (Wildman–Crippen LogP) is 4.73. The van der Waals surface area contributed by atoms with Gasteiger partial charge in [-0.05, 0) is 23.8 Å². The van der Waals surface area contributed by atoms with Crippen LogP contribution in [0.3, 0.4) is 0 Å². The normalized spacial score (nSPS) is 12.5. The molecule has 0 heterocycles. The first-order chi connectivity index (χ1) is 8.50. The molecule has 0 spiro atoms. The van der Waals surface area contributed by atoms with Crippen LogP contribution in [-0.4, -0.2) is 0 Å². The standard InChI is InChI=1S/C13H7BrF4/c14-12(7-4-5-9(15)11(17)6-7)8-2-1-3-10(16)13(8)18/h1-6,12H. The smallest absolute Gasteiger partial charge is 0.163 e. The van der Waals surface area contributed by atoms with Crippen LogP contribution in [0.4, 0.5) is 17.6 Å². The highest BCUT2D eigenvalue weighted by atomic mass is 79.9. The summed E-state index contributed by atoms with van der Waals surface area (Å²) in [7, 11) is 0. The van der Waals surface area contributed by atoms with Crippen molar-refractivity contribution in [1.29, 1.82) is 0 Å². The molecule has 1 unspecified atom stereocenters. The second-order valence-electron chi connectivity index (χ2n) is 3.68. The monoisotopic (exact) mass is 318 g/mol. The van der Waals surface area contributed by atoms with E-state index in [4.69, 9.17) is 0 Å². The molecule has 5 heteroatoms. The molecule has 2 aromatic rings. The van der Waals surface area contributed by atoms with Crippen LogP contribution in [-0.2, 0) is 0 Å². The molecule has 2 rings (SSSR count). The van der Waals surface area contributed by atoms with Crippen LogP contribution >= 0.6 is 15.9 Å². The van der Waals surface area contributed by atoms with Crippen molar-refractivity contribution in [2.45, 2.75) is 4.83 Å². The third kappa shape index (κ3) is 2.41. The summed E-state index contributed by atoms with van der Waals surface area (Å²) in [5.74, 6) is -4.02. The molecule has 2 aromatic carbocycles. The van der Waals surface area contributed by atoms with Gasteiger partial charge in [-0.2, -0.15) is 0 Å². The summed E-state index contributed by atoms with van der Waals surface area (Å²) in [4.78, 5) is -0.747. The van der Waals surface area contributed by atoms with Crippen LogP contribution in [0, 0.1) is 23.3 Å². The van der Waals surface area contributed by atoms with Gasteiger partial charge in [0, 0.05) is 5.56 Å². The molecule has 0 fully saturated rings. The molecule has 94 valence electrons. The number of hydrogen-bond acceptors (Lipinski definition) is 0. The first-order valence-corrected chi connectivity index (χ1v) is 5.95. The second-order valence-corrected chi connectivity index (χ2v) is 4.59. The summed E-state index contributed by atoms with van der Waals surface area (Å²) < 4.78 is 52.5. The molecule has 0 bridgehead atoms. The number of rotatable bonds is 2. The first-order valence-electron chi connectivity index (χ1n) is 5.03. The number of hydrogen-bond donors (Lipinski definition) is 0. The molecular formula is C13H7BrF4. The van der Waals surface area contributed by atoms with Crippen LogP contribution in [0.25, 0.3) is 0 Å². The highest BCUT2D eigenvalue weighted by Gasteiger charge is 2.18. The van der Waals surface area contributed by atoms with Crippen LogP contribution in [0.2, 0.25) is 0 Å². The molecule has 0 N–H and O–H groups in total. The van der Waals surface area contributed by atoms with Gasteiger partial charge in [0.15, 0.2) is 23.3 Å². The van der Waals surface area contributed by atoms with Gasteiger partial charge < -0.3 is 0 Å². The maximum Gasteiger partial charge on any atom is 0.163 e. The highest BCUT2D eigenvalue weighted by molar-refractivity contribution is 9.09. The lowest BCUT2D eigenvalue weighted by Gasteiger charge is -2.12. The Balaban J connectivity index is 2.44. The largest absolute Gasteiger partial charge is 0.204 e. The Kier molecular flexibility index (Phi) is 3.71. The summed E-state index contributed by atoms with van der Waals surface area (Å²) in [5, 5.41) is 0. The molecular weight excluding hydrogens is 312 g/mol. The van der Waals surface area contributed by atoms with Gasteiger partial charge in [0.2, 0.25) is 0 Å². The average molecular weight is 319 g/mol. The van der Waals surface area contributed by atoms with E-state index in [0.29, 0.717) is 5.56 Å². The molecule has 0 saturated heterocycles. The third-order valence-electron chi connectivity index (χ3n) is 2.49. The van der Waals surface area contributed by atoms with Gasteiger partial charge in [0.05, 0.1) is 4.83 Å². The number of alkyl halides is 1. The van der Waals surface area contributed by atoms with Gasteiger partial charge in [-0.15, -0.1) is 0 Å². The van der Waals surface area contributed by atoms with Gasteiger partial charge in [-0.25, -0.2) is 17.6 Å². The fourth-order valence-corrected chi connectivity index (χ4v) is 2.20. The van der Waals surface area contributed by atoms with Crippen molar-refractivity contribution in [1.82, 2.24) is 0 Å². The fourth-order valence-electron chi connectivity index (χ4n) is 1.57. The molecule has 0 saturated carbocycles. The lowest BCUT2D eigenvalue weighted by atomic mass is 10.0. The van der Waals surface area contributed by atoms with Gasteiger partial charge in [0.25, 0.3) is 0 Å². The van der Waals surface area contributed by atoms with E-state index in [1.165, 1.54) is 18.2 Å². The van der Waals surface area contributed by atoms with Gasteiger partial charge in [-0.3, -0.25) is 0 Å². The second kappa shape index (κ2) is 5.10. The maximum atomic E-state index is 13.5.